The van der Waals surface area contributed by atoms with E-state index < -0.39 is 0 Å². The lowest BCUT2D eigenvalue weighted by molar-refractivity contribution is 0.882. The highest BCUT2D eigenvalue weighted by atomic mass is 79.9. The molecule has 0 aliphatic rings. The fourth-order valence-electron chi connectivity index (χ4n) is 1.82. The van der Waals surface area contributed by atoms with Gasteiger partial charge in [-0.25, -0.2) is 0 Å². The Kier molecular flexibility index (Phi) is 4.31. The van der Waals surface area contributed by atoms with E-state index in [0.717, 1.165) is 15.2 Å². The quantitative estimate of drug-likeness (QED) is 0.776. The molecule has 1 nitrogen and oxygen atoms in total. The van der Waals surface area contributed by atoms with Crippen LogP contribution in [0.2, 0.25) is 5.02 Å². The highest BCUT2D eigenvalue weighted by Gasteiger charge is 2.07. The molecule has 1 unspecified atom stereocenters. The van der Waals surface area contributed by atoms with Gasteiger partial charge in [0.1, 0.15) is 0 Å². The molecule has 0 aliphatic heterocycles. The van der Waals surface area contributed by atoms with Crippen molar-refractivity contribution in [2.45, 2.75) is 19.9 Å². The van der Waals surface area contributed by atoms with Crippen LogP contribution in [0.1, 0.15) is 24.1 Å². The number of aryl methyl sites for hydroxylation is 1. The zero-order chi connectivity index (χ0) is 13.1. The second-order valence-electron chi connectivity index (χ2n) is 4.38. The molecule has 2 aromatic rings. The Labute approximate surface area is 121 Å². The first-order chi connectivity index (χ1) is 8.56. The van der Waals surface area contributed by atoms with Crippen molar-refractivity contribution < 1.29 is 0 Å². The third kappa shape index (κ3) is 3.27. The van der Waals surface area contributed by atoms with Gasteiger partial charge in [-0.15, -0.1) is 0 Å². The zero-order valence-corrected chi connectivity index (χ0v) is 12.7. The Balaban J connectivity index is 2.18. The van der Waals surface area contributed by atoms with Crippen molar-refractivity contribution in [3.63, 3.8) is 0 Å². The average molecular weight is 325 g/mol. The molecule has 0 bridgehead atoms. The number of hydrogen-bond donors (Lipinski definition) is 1. The molecule has 0 aliphatic carbocycles. The highest BCUT2D eigenvalue weighted by Crippen LogP contribution is 2.25. The molecular formula is C15H15BrClN. The number of rotatable bonds is 3. The predicted molar refractivity (Wildman–Crippen MR) is 82.4 cm³/mol. The summed E-state index contributed by atoms with van der Waals surface area (Å²) in [5.41, 5.74) is 3.53. The summed E-state index contributed by atoms with van der Waals surface area (Å²) in [5, 5.41) is 4.24. The van der Waals surface area contributed by atoms with Crippen molar-refractivity contribution in [3.05, 3.63) is 63.1 Å². The first-order valence-corrected chi connectivity index (χ1v) is 7.01. The third-order valence-corrected chi connectivity index (χ3v) is 3.71. The maximum absolute atomic E-state index is 6.02. The van der Waals surface area contributed by atoms with Crippen molar-refractivity contribution in [3.8, 4) is 0 Å². The number of nitrogens with one attached hydrogen (secondary N) is 1. The van der Waals surface area contributed by atoms with E-state index in [4.69, 9.17) is 11.6 Å². The molecule has 0 radical (unpaired) electrons. The van der Waals surface area contributed by atoms with Gasteiger partial charge in [-0.2, -0.15) is 0 Å². The molecule has 0 amide bonds. The maximum atomic E-state index is 6.02. The van der Waals surface area contributed by atoms with Gasteiger partial charge in [0, 0.05) is 21.2 Å². The van der Waals surface area contributed by atoms with Gasteiger partial charge in [0.2, 0.25) is 0 Å². The number of halogens is 2. The van der Waals surface area contributed by atoms with E-state index in [0.29, 0.717) is 0 Å². The van der Waals surface area contributed by atoms with Crippen LogP contribution in [0.3, 0.4) is 0 Å². The van der Waals surface area contributed by atoms with E-state index in [9.17, 15) is 0 Å². The lowest BCUT2D eigenvalue weighted by Gasteiger charge is -2.17. The fraction of sp³-hybridized carbons (Fsp3) is 0.200. The summed E-state index contributed by atoms with van der Waals surface area (Å²) in [4.78, 5) is 0. The monoisotopic (exact) mass is 323 g/mol. The van der Waals surface area contributed by atoms with Crippen LogP contribution < -0.4 is 5.32 Å². The Morgan fingerprint density at radius 3 is 2.44 bits per heavy atom. The van der Waals surface area contributed by atoms with Crippen LogP contribution in [0, 0.1) is 6.92 Å². The molecule has 0 spiro atoms. The average Bonchev–Trinajstić information content (AvgIpc) is 2.34. The van der Waals surface area contributed by atoms with Crippen LogP contribution in [0.5, 0.6) is 0 Å². The molecule has 2 aromatic carbocycles. The number of benzene rings is 2. The van der Waals surface area contributed by atoms with Crippen molar-refractivity contribution in [2.75, 3.05) is 5.32 Å². The van der Waals surface area contributed by atoms with Crippen LogP contribution in [-0.4, -0.2) is 0 Å². The Hall–Kier alpha value is -0.990. The minimum atomic E-state index is 0.246. The summed E-state index contributed by atoms with van der Waals surface area (Å²) < 4.78 is 1.09. The summed E-state index contributed by atoms with van der Waals surface area (Å²) in [6, 6.07) is 14.5. The minimum Gasteiger partial charge on any atom is -0.378 e. The van der Waals surface area contributed by atoms with Crippen LogP contribution in [0.25, 0.3) is 0 Å². The van der Waals surface area contributed by atoms with E-state index in [1.165, 1.54) is 11.1 Å². The van der Waals surface area contributed by atoms with Gasteiger partial charge in [0.15, 0.2) is 0 Å². The van der Waals surface area contributed by atoms with E-state index in [1.54, 1.807) is 0 Å². The van der Waals surface area contributed by atoms with Crippen LogP contribution in [-0.2, 0) is 0 Å². The van der Waals surface area contributed by atoms with Crippen LogP contribution >= 0.6 is 27.5 Å². The maximum Gasteiger partial charge on any atom is 0.0485 e. The molecule has 3 heteroatoms. The largest absolute Gasteiger partial charge is 0.378 e. The van der Waals surface area contributed by atoms with E-state index >= 15 is 0 Å². The fourth-order valence-corrected chi connectivity index (χ4v) is 2.25. The van der Waals surface area contributed by atoms with E-state index in [2.05, 4.69) is 59.4 Å². The molecule has 1 N–H and O–H groups in total. The molecule has 94 valence electrons. The second-order valence-corrected chi connectivity index (χ2v) is 5.73. The zero-order valence-electron chi connectivity index (χ0n) is 10.4. The summed E-state index contributed by atoms with van der Waals surface area (Å²) in [5.74, 6) is 0. The van der Waals surface area contributed by atoms with Crippen LogP contribution in [0.4, 0.5) is 5.69 Å². The first-order valence-electron chi connectivity index (χ1n) is 5.84. The third-order valence-electron chi connectivity index (χ3n) is 2.94. The number of hydrogen-bond acceptors (Lipinski definition) is 1. The smallest absolute Gasteiger partial charge is 0.0485 e. The molecule has 18 heavy (non-hydrogen) atoms. The van der Waals surface area contributed by atoms with E-state index in [1.807, 2.05) is 18.2 Å². The predicted octanol–water partition coefficient (Wildman–Crippen LogP) is 5.58. The van der Waals surface area contributed by atoms with Gasteiger partial charge in [-0.1, -0.05) is 45.7 Å². The summed E-state index contributed by atoms with van der Waals surface area (Å²) in [6.07, 6.45) is 0. The van der Waals surface area contributed by atoms with Crippen molar-refractivity contribution in [1.82, 2.24) is 0 Å². The Morgan fingerprint density at radius 1 is 1.11 bits per heavy atom. The molecule has 0 heterocycles. The molecule has 0 fully saturated rings. The SMILES string of the molecule is Cc1ccc(Cl)cc1NC(C)c1ccc(Br)cc1. The lowest BCUT2D eigenvalue weighted by Crippen LogP contribution is -2.07. The van der Waals surface area contributed by atoms with Crippen molar-refractivity contribution in [2.24, 2.45) is 0 Å². The topological polar surface area (TPSA) is 12.0 Å². The van der Waals surface area contributed by atoms with E-state index in [-0.39, 0.29) is 6.04 Å². The molecule has 0 saturated carbocycles. The molecule has 1 atom stereocenters. The molecular weight excluding hydrogens is 310 g/mol. The van der Waals surface area contributed by atoms with Crippen LogP contribution in [0.15, 0.2) is 46.9 Å². The van der Waals surface area contributed by atoms with Crippen molar-refractivity contribution in [1.29, 1.82) is 0 Å². The van der Waals surface area contributed by atoms with Gasteiger partial charge in [-0.3, -0.25) is 0 Å². The van der Waals surface area contributed by atoms with Gasteiger partial charge in [0.25, 0.3) is 0 Å². The van der Waals surface area contributed by atoms with Gasteiger partial charge in [-0.05, 0) is 49.2 Å². The van der Waals surface area contributed by atoms with Gasteiger partial charge >= 0.3 is 0 Å². The Morgan fingerprint density at radius 2 is 1.78 bits per heavy atom. The molecule has 0 saturated heterocycles. The molecule has 0 aromatic heterocycles. The first kappa shape index (κ1) is 13.4. The standard InChI is InChI=1S/C15H15BrClN/c1-10-3-8-14(17)9-15(10)18-11(2)12-4-6-13(16)7-5-12/h3-9,11,18H,1-2H3. The highest BCUT2D eigenvalue weighted by molar-refractivity contribution is 9.10. The summed E-state index contributed by atoms with van der Waals surface area (Å²) in [7, 11) is 0. The molecule has 2 rings (SSSR count). The number of anilines is 1. The Bertz CT molecular complexity index is 537. The van der Waals surface area contributed by atoms with Gasteiger partial charge < -0.3 is 5.32 Å². The van der Waals surface area contributed by atoms with Crippen molar-refractivity contribution >= 4 is 33.2 Å². The minimum absolute atomic E-state index is 0.246. The lowest BCUT2D eigenvalue weighted by atomic mass is 10.1. The summed E-state index contributed by atoms with van der Waals surface area (Å²) >= 11 is 9.47. The summed E-state index contributed by atoms with van der Waals surface area (Å²) in [6.45, 7) is 4.22. The second kappa shape index (κ2) is 5.77. The normalized spacial score (nSPS) is 12.2. The van der Waals surface area contributed by atoms with Gasteiger partial charge in [0.05, 0.1) is 0 Å².